The van der Waals surface area contributed by atoms with E-state index in [1.165, 1.54) is 16.2 Å². The Morgan fingerprint density at radius 2 is 1.74 bits per heavy atom. The zero-order valence-corrected chi connectivity index (χ0v) is 29.4. The maximum atomic E-state index is 14.1. The van der Waals surface area contributed by atoms with Crippen molar-refractivity contribution in [3.05, 3.63) is 101 Å². The molecule has 3 fully saturated rings. The summed E-state index contributed by atoms with van der Waals surface area (Å²) in [5.74, 6) is -1.34. The number of ether oxygens (including phenoxy) is 1. The van der Waals surface area contributed by atoms with E-state index in [-0.39, 0.29) is 58.1 Å². The summed E-state index contributed by atoms with van der Waals surface area (Å²) >= 11 is 18.6. The number of aromatic nitrogens is 1. The van der Waals surface area contributed by atoms with E-state index in [9.17, 15) is 19.2 Å². The summed E-state index contributed by atoms with van der Waals surface area (Å²) < 4.78 is 7.00. The third-order valence-electron chi connectivity index (χ3n) is 9.89. The number of aromatic amines is 1. The highest BCUT2D eigenvalue weighted by atomic mass is 79.9. The van der Waals surface area contributed by atoms with E-state index in [0.29, 0.717) is 27.2 Å². The predicted octanol–water partition coefficient (Wildman–Crippen LogP) is 7.51. The van der Waals surface area contributed by atoms with E-state index in [4.69, 9.17) is 27.9 Å². The van der Waals surface area contributed by atoms with Crippen LogP contribution in [0.15, 0.2) is 75.0 Å². The number of anilines is 2. The van der Waals surface area contributed by atoms with Crippen LogP contribution < -0.4 is 19.8 Å². The Kier molecular flexibility index (Phi) is 7.83. The Labute approximate surface area is 296 Å². The lowest BCUT2D eigenvalue weighted by atomic mass is 9.68. The monoisotopic (exact) mass is 769 g/mol. The maximum Gasteiger partial charge on any atom is 0.305 e. The second kappa shape index (κ2) is 11.8. The molecule has 4 unspecified atom stereocenters. The van der Waals surface area contributed by atoms with Crippen LogP contribution in [-0.4, -0.2) is 34.6 Å². The first-order valence-corrected chi connectivity index (χ1v) is 18.3. The van der Waals surface area contributed by atoms with Crippen molar-refractivity contribution in [2.24, 2.45) is 29.6 Å². The van der Waals surface area contributed by atoms with Gasteiger partial charge in [-0.15, -0.1) is 11.8 Å². The van der Waals surface area contributed by atoms with Gasteiger partial charge in [0.15, 0.2) is 6.61 Å². The molecule has 0 spiro atoms. The molecule has 8 rings (SSSR count). The predicted molar refractivity (Wildman–Crippen MR) is 187 cm³/mol. The molecule has 4 aromatic rings. The number of thioether (sulfide) groups is 1. The third-order valence-corrected chi connectivity index (χ3v) is 13.7. The largest absolute Gasteiger partial charge is 0.483 e. The number of hydrogen-bond acceptors (Lipinski definition) is 7. The van der Waals surface area contributed by atoms with Crippen molar-refractivity contribution in [3.63, 3.8) is 0 Å². The fourth-order valence-corrected chi connectivity index (χ4v) is 11.7. The first kappa shape index (κ1) is 31.2. The standard InChI is InChI=1S/C34H26BrCl2N3O5S2/c1-14-2-6-17(7-3-14)40-32(42)27-19-12-20(28(27)33(40)43)29-26(19)25(30-31(46-29)39-34(44)47-30)18-10-15(35)4-9-23(18)45-13-24(41)38-16-5-8-21(36)22(37)11-16/h2-11,19-20,25-29H,12-13H2,1H3,(H,38,41)(H,39,44)/t19-,20-,25-,26?,27?,28?,29?/m1/s1. The van der Waals surface area contributed by atoms with Gasteiger partial charge in [-0.2, -0.15) is 0 Å². The number of carbonyl (C=O) groups excluding carboxylic acids is 3. The average molecular weight is 772 g/mol. The lowest BCUT2D eigenvalue weighted by molar-refractivity contribution is -0.123. The highest BCUT2D eigenvalue weighted by Gasteiger charge is 2.69. The number of nitrogens with one attached hydrogen (secondary N) is 2. The number of benzene rings is 3. The molecular weight excluding hydrogens is 745 g/mol. The summed E-state index contributed by atoms with van der Waals surface area (Å²) in [5.41, 5.74) is 2.98. The number of rotatable bonds is 6. The molecule has 0 radical (unpaired) electrons. The van der Waals surface area contributed by atoms with Gasteiger partial charge in [-0.3, -0.25) is 24.1 Å². The molecule has 2 aliphatic heterocycles. The SMILES string of the molecule is Cc1ccc(N2C(=O)C3C(C2=O)[C@@H]2C[C@H]3C3Sc4[nH]c(=O)sc4[C@H](c4cc(Br)ccc4OCC(=O)Nc4ccc(Cl)c(Cl)c4)C32)cc1. The highest BCUT2D eigenvalue weighted by molar-refractivity contribution is 9.10. The lowest BCUT2D eigenvalue weighted by Gasteiger charge is -2.43. The van der Waals surface area contributed by atoms with Gasteiger partial charge in [0.2, 0.25) is 11.8 Å². The van der Waals surface area contributed by atoms with Gasteiger partial charge in [0, 0.05) is 31.8 Å². The van der Waals surface area contributed by atoms with E-state index >= 15 is 0 Å². The number of halogens is 3. The molecule has 1 aromatic heterocycles. The van der Waals surface area contributed by atoms with Crippen LogP contribution in [0.3, 0.4) is 0 Å². The van der Waals surface area contributed by atoms with Gasteiger partial charge in [-0.25, -0.2) is 0 Å². The van der Waals surface area contributed by atoms with Gasteiger partial charge in [0.1, 0.15) is 5.75 Å². The van der Waals surface area contributed by atoms with Gasteiger partial charge in [0.25, 0.3) is 5.91 Å². The number of nitrogens with zero attached hydrogens (tertiary/aromatic N) is 1. The molecule has 2 aliphatic carbocycles. The van der Waals surface area contributed by atoms with Gasteiger partial charge in [-0.05, 0) is 79.6 Å². The summed E-state index contributed by atoms with van der Waals surface area (Å²) in [6.07, 6.45) is 0.767. The van der Waals surface area contributed by atoms with Crippen LogP contribution in [0, 0.1) is 36.5 Å². The number of aryl methyl sites for hydroxylation is 1. The van der Waals surface area contributed by atoms with E-state index in [1.807, 2.05) is 49.4 Å². The van der Waals surface area contributed by atoms with Crippen LogP contribution in [0.2, 0.25) is 10.0 Å². The van der Waals surface area contributed by atoms with Gasteiger partial charge in [0.05, 0.1) is 32.6 Å². The molecule has 47 heavy (non-hydrogen) atoms. The second-order valence-electron chi connectivity index (χ2n) is 12.5. The Hall–Kier alpha value is -3.09. The molecule has 2 bridgehead atoms. The summed E-state index contributed by atoms with van der Waals surface area (Å²) in [6.45, 7) is 1.70. The van der Waals surface area contributed by atoms with Gasteiger partial charge < -0.3 is 15.0 Å². The number of amides is 3. The number of fused-ring (bicyclic) bond motifs is 9. The third kappa shape index (κ3) is 5.17. The minimum absolute atomic E-state index is 0.0144. The molecule has 3 aromatic carbocycles. The Morgan fingerprint density at radius 3 is 2.49 bits per heavy atom. The molecule has 3 amide bonds. The molecule has 2 saturated carbocycles. The van der Waals surface area contributed by atoms with Crippen LogP contribution in [0.25, 0.3) is 0 Å². The molecule has 13 heteroatoms. The van der Waals surface area contributed by atoms with E-state index in [1.54, 1.807) is 30.0 Å². The van der Waals surface area contributed by atoms with Crippen LogP contribution in [0.1, 0.15) is 28.3 Å². The van der Waals surface area contributed by atoms with Crippen molar-refractivity contribution in [3.8, 4) is 5.75 Å². The lowest BCUT2D eigenvalue weighted by Crippen LogP contribution is -2.42. The van der Waals surface area contributed by atoms with Crippen LogP contribution >= 0.6 is 62.2 Å². The normalized spacial score (nSPS) is 27.1. The van der Waals surface area contributed by atoms with Crippen LogP contribution in [-0.2, 0) is 14.4 Å². The maximum absolute atomic E-state index is 14.1. The molecule has 1 saturated heterocycles. The van der Waals surface area contributed by atoms with Crippen molar-refractivity contribution in [1.82, 2.24) is 4.98 Å². The van der Waals surface area contributed by atoms with Crippen LogP contribution in [0.5, 0.6) is 5.75 Å². The number of thiazole rings is 1. The molecule has 4 aliphatic rings. The highest BCUT2D eigenvalue weighted by Crippen LogP contribution is 2.69. The second-order valence-corrected chi connectivity index (χ2v) is 16.4. The molecule has 7 atom stereocenters. The van der Waals surface area contributed by atoms with Gasteiger partial charge in [-0.1, -0.05) is 68.2 Å². The van der Waals surface area contributed by atoms with E-state index in [2.05, 4.69) is 26.2 Å². The van der Waals surface area contributed by atoms with Crippen LogP contribution in [0.4, 0.5) is 11.4 Å². The fraction of sp³-hybridized carbons (Fsp3) is 0.294. The van der Waals surface area contributed by atoms with E-state index < -0.39 is 11.8 Å². The number of H-pyrrole nitrogens is 1. The number of hydrogen-bond donors (Lipinski definition) is 2. The zero-order valence-electron chi connectivity index (χ0n) is 24.7. The average Bonchev–Trinajstić information content (AvgIpc) is 3.78. The summed E-state index contributed by atoms with van der Waals surface area (Å²) in [5, 5.41) is 4.31. The molecular formula is C34H26BrCl2N3O5S2. The Morgan fingerprint density at radius 1 is 1.00 bits per heavy atom. The summed E-state index contributed by atoms with van der Waals surface area (Å²) in [7, 11) is 0. The first-order valence-electron chi connectivity index (χ1n) is 15.1. The summed E-state index contributed by atoms with van der Waals surface area (Å²) in [6, 6.07) is 18.0. The number of imide groups is 1. The Balaban J connectivity index is 1.13. The van der Waals surface area contributed by atoms with Crippen molar-refractivity contribution in [2.45, 2.75) is 29.5 Å². The Bertz CT molecular complexity index is 2030. The van der Waals surface area contributed by atoms with E-state index in [0.717, 1.165) is 31.9 Å². The van der Waals surface area contributed by atoms with Crippen molar-refractivity contribution < 1.29 is 19.1 Å². The fourth-order valence-electron chi connectivity index (χ4n) is 8.12. The number of carbonyl (C=O) groups is 3. The van der Waals surface area contributed by atoms with Crippen molar-refractivity contribution >= 4 is 91.3 Å². The topological polar surface area (TPSA) is 109 Å². The van der Waals surface area contributed by atoms with Gasteiger partial charge >= 0.3 is 4.87 Å². The van der Waals surface area contributed by atoms with Crippen molar-refractivity contribution in [2.75, 3.05) is 16.8 Å². The first-order chi connectivity index (χ1) is 22.6. The molecule has 2 N–H and O–H groups in total. The zero-order chi connectivity index (χ0) is 32.7. The minimum atomic E-state index is -0.427. The smallest absolute Gasteiger partial charge is 0.305 e. The minimum Gasteiger partial charge on any atom is -0.483 e. The molecule has 8 nitrogen and oxygen atoms in total. The van der Waals surface area contributed by atoms with Crippen molar-refractivity contribution in [1.29, 1.82) is 0 Å². The molecule has 3 heterocycles. The molecule has 240 valence electrons. The summed E-state index contributed by atoms with van der Waals surface area (Å²) in [4.78, 5) is 58.9. The quantitative estimate of drug-likeness (QED) is 0.197.